The van der Waals surface area contributed by atoms with Crippen LogP contribution in [0.2, 0.25) is 5.02 Å². The predicted octanol–water partition coefficient (Wildman–Crippen LogP) is 4.53. The third-order valence-corrected chi connectivity index (χ3v) is 6.62. The molecule has 1 aromatic carbocycles. The quantitative estimate of drug-likeness (QED) is 0.403. The first-order valence-electron chi connectivity index (χ1n) is 11.6. The van der Waals surface area contributed by atoms with Crippen LogP contribution in [0.5, 0.6) is 0 Å². The van der Waals surface area contributed by atoms with E-state index in [1.54, 1.807) is 0 Å². The summed E-state index contributed by atoms with van der Waals surface area (Å²) in [6, 6.07) is 3.92. The van der Waals surface area contributed by atoms with E-state index in [0.717, 1.165) is 56.5 Å². The molecule has 0 atom stereocenters. The zero-order chi connectivity index (χ0) is 24.2. The molecule has 11 heteroatoms. The van der Waals surface area contributed by atoms with Gasteiger partial charge in [0, 0.05) is 42.8 Å². The number of carbonyl (C=O) groups excluding carboxylic acids is 1. The van der Waals surface area contributed by atoms with Crippen molar-refractivity contribution in [1.82, 2.24) is 15.3 Å². The molecular weight excluding hydrogens is 458 g/mol. The Morgan fingerprint density at radius 3 is 2.53 bits per heavy atom. The van der Waals surface area contributed by atoms with Crippen LogP contribution < -0.4 is 20.9 Å². The van der Waals surface area contributed by atoms with Crippen LogP contribution in [-0.2, 0) is 12.8 Å². The molecule has 2 amide bonds. The first-order valence-corrected chi connectivity index (χ1v) is 12.0. The second-order valence-electron chi connectivity index (χ2n) is 9.11. The molecule has 2 aliphatic carbocycles. The number of aromatic nitrogens is 2. The summed E-state index contributed by atoms with van der Waals surface area (Å²) < 4.78 is 0. The Morgan fingerprint density at radius 1 is 1.12 bits per heavy atom. The highest BCUT2D eigenvalue weighted by Crippen LogP contribution is 2.30. The Hall–Kier alpha value is -3.14. The number of amides is 2. The number of halogens is 1. The molecule has 0 spiro atoms. The predicted molar refractivity (Wildman–Crippen MR) is 133 cm³/mol. The van der Waals surface area contributed by atoms with E-state index in [-0.39, 0.29) is 28.5 Å². The number of nitrogens with zero attached hydrogens (tertiary/aromatic N) is 4. The number of carbonyl (C=O) groups is 1. The third-order valence-electron chi connectivity index (χ3n) is 6.39. The molecule has 0 bridgehead atoms. The van der Waals surface area contributed by atoms with Gasteiger partial charge in [-0.3, -0.25) is 10.1 Å². The van der Waals surface area contributed by atoms with Crippen molar-refractivity contribution >= 4 is 40.8 Å². The number of nitro groups is 1. The second-order valence-corrected chi connectivity index (χ2v) is 9.54. The minimum Gasteiger partial charge on any atom is -0.362 e. The van der Waals surface area contributed by atoms with Crippen molar-refractivity contribution < 1.29 is 9.72 Å². The maximum absolute atomic E-state index is 12.4. The van der Waals surface area contributed by atoms with Crippen LogP contribution in [0.4, 0.5) is 27.9 Å². The van der Waals surface area contributed by atoms with Gasteiger partial charge in [-0.15, -0.1) is 0 Å². The minimum absolute atomic E-state index is 0.00815. The van der Waals surface area contributed by atoms with E-state index in [2.05, 4.69) is 20.9 Å². The van der Waals surface area contributed by atoms with Gasteiger partial charge in [-0.05, 0) is 63.5 Å². The summed E-state index contributed by atoms with van der Waals surface area (Å²) in [5.41, 5.74) is 2.29. The van der Waals surface area contributed by atoms with Crippen molar-refractivity contribution in [3.05, 3.63) is 44.6 Å². The maximum atomic E-state index is 12.4. The minimum atomic E-state index is -0.567. The largest absolute Gasteiger partial charge is 0.362 e. The zero-order valence-electron chi connectivity index (χ0n) is 19.4. The maximum Gasteiger partial charge on any atom is 0.319 e. The standard InChI is InChI=1S/C23H30ClN7O3/c1-30(2)21-17-5-3-4-6-18(17)27-22(29-21)25-15-8-10-16(11-9-15)26-23(32)28-19-12-7-14(24)13-20(19)31(33)34/h7,12-13,15-16H,3-6,8-11H2,1-2H3,(H,25,27,29)(H2,26,28,32)/t15-,16+. The van der Waals surface area contributed by atoms with Gasteiger partial charge in [-0.2, -0.15) is 4.98 Å². The number of hydrogen-bond donors (Lipinski definition) is 3. The highest BCUT2D eigenvalue weighted by atomic mass is 35.5. The molecule has 2 aromatic rings. The molecule has 1 saturated carbocycles. The molecule has 4 rings (SSSR count). The van der Waals surface area contributed by atoms with Gasteiger partial charge in [0.1, 0.15) is 11.5 Å². The summed E-state index contributed by atoms with van der Waals surface area (Å²) in [6.07, 6.45) is 7.67. The number of nitrogens with one attached hydrogen (secondary N) is 3. The summed E-state index contributed by atoms with van der Waals surface area (Å²) >= 11 is 5.83. The van der Waals surface area contributed by atoms with Crippen molar-refractivity contribution in [3.63, 3.8) is 0 Å². The van der Waals surface area contributed by atoms with Crippen LogP contribution in [0.25, 0.3) is 0 Å². The molecular formula is C23H30ClN7O3. The molecule has 10 nitrogen and oxygen atoms in total. The Labute approximate surface area is 203 Å². The average molecular weight is 488 g/mol. The van der Waals surface area contributed by atoms with E-state index in [4.69, 9.17) is 21.6 Å². The molecule has 34 heavy (non-hydrogen) atoms. The van der Waals surface area contributed by atoms with Crippen molar-refractivity contribution in [2.45, 2.75) is 63.5 Å². The summed E-state index contributed by atoms with van der Waals surface area (Å²) in [5, 5.41) is 20.5. The van der Waals surface area contributed by atoms with Gasteiger partial charge in [-0.25, -0.2) is 9.78 Å². The number of urea groups is 1. The number of nitro benzene ring substituents is 1. The van der Waals surface area contributed by atoms with Crippen molar-refractivity contribution in [2.24, 2.45) is 0 Å². The third kappa shape index (κ3) is 5.67. The Morgan fingerprint density at radius 2 is 1.82 bits per heavy atom. The molecule has 182 valence electrons. The molecule has 1 fully saturated rings. The Bertz CT molecular complexity index is 1070. The fraction of sp³-hybridized carbons (Fsp3) is 0.522. The molecule has 2 aliphatic rings. The van der Waals surface area contributed by atoms with E-state index in [0.29, 0.717) is 5.95 Å². The van der Waals surface area contributed by atoms with E-state index in [1.807, 2.05) is 14.1 Å². The topological polar surface area (TPSA) is 125 Å². The second kappa shape index (κ2) is 10.4. The lowest BCUT2D eigenvalue weighted by Crippen LogP contribution is -2.42. The number of rotatable bonds is 6. The van der Waals surface area contributed by atoms with Crippen LogP contribution in [0.15, 0.2) is 18.2 Å². The molecule has 3 N–H and O–H groups in total. The van der Waals surface area contributed by atoms with E-state index in [1.165, 1.54) is 30.2 Å². The lowest BCUT2D eigenvalue weighted by Gasteiger charge is -2.30. The molecule has 0 unspecified atom stereocenters. The SMILES string of the molecule is CN(C)c1nc(N[C@H]2CC[C@@H](NC(=O)Nc3ccc(Cl)cc3[N+](=O)[O-])CC2)nc2c1CCCC2. The van der Waals surface area contributed by atoms with E-state index >= 15 is 0 Å². The highest BCUT2D eigenvalue weighted by molar-refractivity contribution is 6.31. The van der Waals surface area contributed by atoms with Gasteiger partial charge in [0.25, 0.3) is 5.69 Å². The molecule has 1 aromatic heterocycles. The van der Waals surface area contributed by atoms with Crippen LogP contribution in [0.1, 0.15) is 49.8 Å². The summed E-state index contributed by atoms with van der Waals surface area (Å²) in [7, 11) is 4.03. The summed E-state index contributed by atoms with van der Waals surface area (Å²) in [5.74, 6) is 1.67. The average Bonchev–Trinajstić information content (AvgIpc) is 2.80. The Balaban J connectivity index is 1.32. The van der Waals surface area contributed by atoms with Gasteiger partial charge >= 0.3 is 6.03 Å². The Kier molecular flexibility index (Phi) is 7.35. The van der Waals surface area contributed by atoms with Crippen LogP contribution >= 0.6 is 11.6 Å². The lowest BCUT2D eigenvalue weighted by molar-refractivity contribution is -0.383. The number of aryl methyl sites for hydroxylation is 1. The van der Waals surface area contributed by atoms with Crippen LogP contribution in [0, 0.1) is 10.1 Å². The van der Waals surface area contributed by atoms with Gasteiger partial charge in [0.05, 0.1) is 10.6 Å². The molecule has 0 radical (unpaired) electrons. The molecule has 1 heterocycles. The van der Waals surface area contributed by atoms with Gasteiger partial charge < -0.3 is 20.9 Å². The zero-order valence-corrected chi connectivity index (χ0v) is 20.2. The fourth-order valence-electron chi connectivity index (χ4n) is 4.68. The molecule has 0 aliphatic heterocycles. The number of fused-ring (bicyclic) bond motifs is 1. The summed E-state index contributed by atoms with van der Waals surface area (Å²) in [4.78, 5) is 34.7. The normalized spacial score (nSPS) is 19.6. The smallest absolute Gasteiger partial charge is 0.319 e. The number of anilines is 3. The first kappa shape index (κ1) is 24.0. The number of hydrogen-bond acceptors (Lipinski definition) is 7. The fourth-order valence-corrected chi connectivity index (χ4v) is 4.85. The lowest BCUT2D eigenvalue weighted by atomic mass is 9.91. The highest BCUT2D eigenvalue weighted by Gasteiger charge is 2.25. The first-order chi connectivity index (χ1) is 16.3. The molecule has 0 saturated heterocycles. The van der Waals surface area contributed by atoms with Crippen LogP contribution in [-0.4, -0.2) is 47.1 Å². The van der Waals surface area contributed by atoms with E-state index in [9.17, 15) is 14.9 Å². The van der Waals surface area contributed by atoms with Gasteiger partial charge in [0.2, 0.25) is 5.95 Å². The van der Waals surface area contributed by atoms with Gasteiger partial charge in [0.15, 0.2) is 0 Å². The number of benzene rings is 1. The van der Waals surface area contributed by atoms with Crippen LogP contribution in [0.3, 0.4) is 0 Å². The van der Waals surface area contributed by atoms with Crippen molar-refractivity contribution in [2.75, 3.05) is 29.6 Å². The monoisotopic (exact) mass is 487 g/mol. The van der Waals surface area contributed by atoms with E-state index < -0.39 is 11.0 Å². The van der Waals surface area contributed by atoms with Crippen molar-refractivity contribution in [3.8, 4) is 0 Å². The van der Waals surface area contributed by atoms with Gasteiger partial charge in [-0.1, -0.05) is 11.6 Å². The summed E-state index contributed by atoms with van der Waals surface area (Å²) in [6.45, 7) is 0. The van der Waals surface area contributed by atoms with Crippen molar-refractivity contribution in [1.29, 1.82) is 0 Å².